The number of rotatable bonds is 0. The maximum atomic E-state index is 5.56. The average molecular weight is 162 g/mol. The summed E-state index contributed by atoms with van der Waals surface area (Å²) >= 11 is 0. The van der Waals surface area contributed by atoms with Crippen molar-refractivity contribution >= 4 is 0 Å². The number of benzene rings is 1. The standard InChI is InChI=1S/C11H14O/c1-8-4-3-5-11-9(2)12-7-6-10(8)11/h3-5,9H,6-7H2,1-2H3. The number of aryl methyl sites for hydroxylation is 1. The third-order valence-corrected chi connectivity index (χ3v) is 2.60. The van der Waals surface area contributed by atoms with E-state index in [9.17, 15) is 0 Å². The van der Waals surface area contributed by atoms with Gasteiger partial charge < -0.3 is 4.74 Å². The highest BCUT2D eigenvalue weighted by molar-refractivity contribution is 5.36. The molecule has 1 atom stereocenters. The molecule has 0 amide bonds. The summed E-state index contributed by atoms with van der Waals surface area (Å²) in [5, 5.41) is 0. The van der Waals surface area contributed by atoms with E-state index in [0.717, 1.165) is 13.0 Å². The maximum Gasteiger partial charge on any atom is 0.0799 e. The molecule has 1 aliphatic rings. The highest BCUT2D eigenvalue weighted by Gasteiger charge is 2.16. The van der Waals surface area contributed by atoms with Gasteiger partial charge in [0, 0.05) is 0 Å². The molecule has 0 aliphatic carbocycles. The first-order valence-corrected chi connectivity index (χ1v) is 4.49. The number of fused-ring (bicyclic) bond motifs is 1. The van der Waals surface area contributed by atoms with Crippen LogP contribution in [-0.2, 0) is 11.2 Å². The molecule has 0 fully saturated rings. The van der Waals surface area contributed by atoms with Crippen molar-refractivity contribution < 1.29 is 4.74 Å². The minimum Gasteiger partial charge on any atom is -0.373 e. The van der Waals surface area contributed by atoms with Gasteiger partial charge in [-0.3, -0.25) is 0 Å². The van der Waals surface area contributed by atoms with Gasteiger partial charge in [-0.15, -0.1) is 0 Å². The summed E-state index contributed by atoms with van der Waals surface area (Å²) in [5.74, 6) is 0. The Kier molecular flexibility index (Phi) is 1.89. The van der Waals surface area contributed by atoms with Gasteiger partial charge in [-0.1, -0.05) is 18.2 Å². The normalized spacial score (nSPS) is 22.0. The molecule has 0 bridgehead atoms. The van der Waals surface area contributed by atoms with E-state index < -0.39 is 0 Å². The second-order valence-corrected chi connectivity index (χ2v) is 3.41. The molecule has 0 spiro atoms. The maximum absolute atomic E-state index is 5.56. The molecule has 0 saturated carbocycles. The Labute approximate surface area is 73.4 Å². The molecule has 1 unspecified atom stereocenters. The quantitative estimate of drug-likeness (QED) is 0.569. The highest BCUT2D eigenvalue weighted by atomic mass is 16.5. The van der Waals surface area contributed by atoms with Crippen LogP contribution in [-0.4, -0.2) is 6.61 Å². The van der Waals surface area contributed by atoms with Crippen molar-refractivity contribution in [3.05, 3.63) is 34.9 Å². The van der Waals surface area contributed by atoms with Crippen molar-refractivity contribution in [3.63, 3.8) is 0 Å². The summed E-state index contributed by atoms with van der Waals surface area (Å²) in [5.41, 5.74) is 4.28. The lowest BCUT2D eigenvalue weighted by atomic mass is 9.94. The van der Waals surface area contributed by atoms with E-state index in [2.05, 4.69) is 32.0 Å². The third kappa shape index (κ3) is 1.14. The summed E-state index contributed by atoms with van der Waals surface area (Å²) in [7, 11) is 0. The minimum atomic E-state index is 0.286. The second kappa shape index (κ2) is 2.91. The molecule has 1 aromatic carbocycles. The summed E-state index contributed by atoms with van der Waals surface area (Å²) in [4.78, 5) is 0. The Bertz CT molecular complexity index is 291. The largest absolute Gasteiger partial charge is 0.373 e. The van der Waals surface area contributed by atoms with Gasteiger partial charge in [0.2, 0.25) is 0 Å². The molecule has 64 valence electrons. The molecule has 2 rings (SSSR count). The predicted molar refractivity (Wildman–Crippen MR) is 49.3 cm³/mol. The molecule has 0 N–H and O–H groups in total. The smallest absolute Gasteiger partial charge is 0.0799 e. The van der Waals surface area contributed by atoms with Crippen LogP contribution >= 0.6 is 0 Å². The van der Waals surface area contributed by atoms with Crippen molar-refractivity contribution in [2.75, 3.05) is 6.61 Å². The molecule has 1 heteroatoms. The van der Waals surface area contributed by atoms with Crippen molar-refractivity contribution in [2.45, 2.75) is 26.4 Å². The fraction of sp³-hybridized carbons (Fsp3) is 0.455. The van der Waals surface area contributed by atoms with Crippen LogP contribution in [0.3, 0.4) is 0 Å². The van der Waals surface area contributed by atoms with Gasteiger partial charge in [-0.05, 0) is 37.0 Å². The molecule has 1 aromatic rings. The van der Waals surface area contributed by atoms with Crippen LogP contribution in [0.5, 0.6) is 0 Å². The Morgan fingerprint density at radius 1 is 1.42 bits per heavy atom. The third-order valence-electron chi connectivity index (χ3n) is 2.60. The second-order valence-electron chi connectivity index (χ2n) is 3.41. The van der Waals surface area contributed by atoms with E-state index in [1.165, 1.54) is 16.7 Å². The van der Waals surface area contributed by atoms with E-state index >= 15 is 0 Å². The number of ether oxygens (including phenoxy) is 1. The van der Waals surface area contributed by atoms with Crippen LogP contribution in [0, 0.1) is 6.92 Å². The molecule has 0 saturated heterocycles. The molecule has 1 aliphatic heterocycles. The Morgan fingerprint density at radius 2 is 2.25 bits per heavy atom. The van der Waals surface area contributed by atoms with E-state index in [-0.39, 0.29) is 6.10 Å². The Hall–Kier alpha value is -0.820. The van der Waals surface area contributed by atoms with Crippen molar-refractivity contribution in [1.82, 2.24) is 0 Å². The van der Waals surface area contributed by atoms with Crippen LogP contribution in [0.1, 0.15) is 29.7 Å². The van der Waals surface area contributed by atoms with Gasteiger partial charge in [0.1, 0.15) is 0 Å². The van der Waals surface area contributed by atoms with Gasteiger partial charge in [0.25, 0.3) is 0 Å². The molecular formula is C11H14O. The van der Waals surface area contributed by atoms with Gasteiger partial charge in [-0.2, -0.15) is 0 Å². The summed E-state index contributed by atoms with van der Waals surface area (Å²) in [6, 6.07) is 6.46. The van der Waals surface area contributed by atoms with Crippen LogP contribution < -0.4 is 0 Å². The monoisotopic (exact) mass is 162 g/mol. The van der Waals surface area contributed by atoms with E-state index in [4.69, 9.17) is 4.74 Å². The minimum absolute atomic E-state index is 0.286. The van der Waals surface area contributed by atoms with Gasteiger partial charge in [0.15, 0.2) is 0 Å². The van der Waals surface area contributed by atoms with Crippen molar-refractivity contribution in [1.29, 1.82) is 0 Å². The first kappa shape index (κ1) is 7.81. The van der Waals surface area contributed by atoms with E-state index in [1.54, 1.807) is 0 Å². The van der Waals surface area contributed by atoms with Gasteiger partial charge in [-0.25, -0.2) is 0 Å². The van der Waals surface area contributed by atoms with E-state index in [1.807, 2.05) is 0 Å². The zero-order chi connectivity index (χ0) is 8.55. The number of hydrogen-bond acceptors (Lipinski definition) is 1. The summed E-state index contributed by atoms with van der Waals surface area (Å²) in [6.07, 6.45) is 1.36. The van der Waals surface area contributed by atoms with Crippen LogP contribution in [0.2, 0.25) is 0 Å². The van der Waals surface area contributed by atoms with Crippen molar-refractivity contribution in [2.24, 2.45) is 0 Å². The van der Waals surface area contributed by atoms with Crippen LogP contribution in [0.15, 0.2) is 18.2 Å². The lowest BCUT2D eigenvalue weighted by Crippen LogP contribution is -2.14. The SMILES string of the molecule is Cc1cccc2c1CCOC2C. The molecule has 0 aromatic heterocycles. The molecule has 1 heterocycles. The van der Waals surface area contributed by atoms with Crippen LogP contribution in [0.4, 0.5) is 0 Å². The van der Waals surface area contributed by atoms with E-state index in [0.29, 0.717) is 0 Å². The average Bonchev–Trinajstić information content (AvgIpc) is 2.07. The molecule has 0 radical (unpaired) electrons. The summed E-state index contributed by atoms with van der Waals surface area (Å²) in [6.45, 7) is 5.17. The lowest BCUT2D eigenvalue weighted by Gasteiger charge is -2.24. The van der Waals surface area contributed by atoms with Crippen LogP contribution in [0.25, 0.3) is 0 Å². The number of hydrogen-bond donors (Lipinski definition) is 0. The Morgan fingerprint density at radius 3 is 3.00 bits per heavy atom. The zero-order valence-electron chi connectivity index (χ0n) is 7.63. The Balaban J connectivity index is 2.52. The van der Waals surface area contributed by atoms with Crippen molar-refractivity contribution in [3.8, 4) is 0 Å². The predicted octanol–water partition coefficient (Wildman–Crippen LogP) is 2.63. The van der Waals surface area contributed by atoms with Gasteiger partial charge >= 0.3 is 0 Å². The lowest BCUT2D eigenvalue weighted by molar-refractivity contribution is 0.0553. The molecule has 1 nitrogen and oxygen atoms in total. The first-order valence-electron chi connectivity index (χ1n) is 4.49. The fourth-order valence-electron chi connectivity index (χ4n) is 1.87. The zero-order valence-corrected chi connectivity index (χ0v) is 7.63. The highest BCUT2D eigenvalue weighted by Crippen LogP contribution is 2.28. The molecular weight excluding hydrogens is 148 g/mol. The molecule has 12 heavy (non-hydrogen) atoms. The van der Waals surface area contributed by atoms with Gasteiger partial charge in [0.05, 0.1) is 12.7 Å². The summed E-state index contributed by atoms with van der Waals surface area (Å²) < 4.78 is 5.56. The fourth-order valence-corrected chi connectivity index (χ4v) is 1.87. The topological polar surface area (TPSA) is 9.23 Å². The first-order chi connectivity index (χ1) is 5.79.